The van der Waals surface area contributed by atoms with Crippen molar-refractivity contribution in [3.8, 4) is 11.3 Å². The summed E-state index contributed by atoms with van der Waals surface area (Å²) in [7, 11) is 0. The Balaban J connectivity index is 1.73. The molecule has 0 saturated carbocycles. The van der Waals surface area contributed by atoms with Gasteiger partial charge < -0.3 is 4.52 Å². The van der Waals surface area contributed by atoms with Gasteiger partial charge in [-0.25, -0.2) is 5.43 Å². The second kappa shape index (κ2) is 8.07. The average molecular weight is 345 g/mol. The molecule has 0 spiro atoms. The maximum absolute atomic E-state index is 12.5. The molecule has 1 amide bonds. The van der Waals surface area contributed by atoms with Gasteiger partial charge in [-0.3, -0.25) is 4.79 Å². The third kappa shape index (κ3) is 4.13. The number of carbonyl (C=O) groups excluding carboxylic acids is 1. The van der Waals surface area contributed by atoms with Gasteiger partial charge in [-0.15, -0.1) is 0 Å². The van der Waals surface area contributed by atoms with Crippen molar-refractivity contribution in [3.63, 3.8) is 0 Å². The van der Waals surface area contributed by atoms with Crippen LogP contribution in [0.4, 0.5) is 0 Å². The van der Waals surface area contributed by atoms with E-state index >= 15 is 0 Å². The minimum atomic E-state index is -0.355. The number of rotatable bonds is 5. The van der Waals surface area contributed by atoms with E-state index in [2.05, 4.69) is 15.7 Å². The Morgan fingerprint density at radius 1 is 1.08 bits per heavy atom. The van der Waals surface area contributed by atoms with Crippen LogP contribution < -0.4 is 5.43 Å². The molecule has 26 heavy (non-hydrogen) atoms. The first-order valence-corrected chi connectivity index (χ1v) is 8.23. The lowest BCUT2D eigenvalue weighted by molar-refractivity contribution is 0.0954. The fraction of sp³-hybridized carbons (Fsp3) is 0.0952. The third-order valence-electron chi connectivity index (χ3n) is 3.77. The molecule has 0 saturated heterocycles. The Kier molecular flexibility index (Phi) is 5.39. The van der Waals surface area contributed by atoms with Crippen LogP contribution in [0.1, 0.15) is 28.6 Å². The van der Waals surface area contributed by atoms with Gasteiger partial charge in [0.2, 0.25) is 0 Å². The number of aromatic nitrogens is 1. The van der Waals surface area contributed by atoms with Crippen molar-refractivity contribution in [3.05, 3.63) is 83.1 Å². The van der Waals surface area contributed by atoms with Crippen LogP contribution in [0.15, 0.2) is 75.9 Å². The summed E-state index contributed by atoms with van der Waals surface area (Å²) in [6.45, 7) is 3.63. The molecule has 0 aliphatic heterocycles. The van der Waals surface area contributed by atoms with E-state index in [4.69, 9.17) is 4.52 Å². The summed E-state index contributed by atoms with van der Waals surface area (Å²) in [5, 5.41) is 8.04. The Morgan fingerprint density at radius 2 is 1.73 bits per heavy atom. The van der Waals surface area contributed by atoms with Crippen molar-refractivity contribution in [2.24, 2.45) is 5.10 Å². The van der Waals surface area contributed by atoms with Crippen molar-refractivity contribution in [1.29, 1.82) is 0 Å². The molecule has 0 aliphatic rings. The zero-order valence-corrected chi connectivity index (χ0v) is 14.6. The van der Waals surface area contributed by atoms with Crippen LogP contribution >= 0.6 is 0 Å². The molecule has 2 aromatic carbocycles. The number of hydrazone groups is 1. The standard InChI is InChI=1S/C21H19N3O2/c1-15(13-17-9-5-3-6-10-17)14-22-23-21(25)19-16(2)26-24-20(19)18-11-7-4-8-12-18/h3-14H,1-2H3,(H,23,25)/b15-13+,22-14-. The Morgan fingerprint density at radius 3 is 2.42 bits per heavy atom. The van der Waals surface area contributed by atoms with Gasteiger partial charge in [0.1, 0.15) is 17.0 Å². The zero-order valence-electron chi connectivity index (χ0n) is 14.6. The number of nitrogens with zero attached hydrogens (tertiary/aromatic N) is 2. The third-order valence-corrected chi connectivity index (χ3v) is 3.77. The van der Waals surface area contributed by atoms with Crippen LogP contribution in [-0.4, -0.2) is 17.3 Å². The van der Waals surface area contributed by atoms with Gasteiger partial charge in [0, 0.05) is 5.56 Å². The Bertz CT molecular complexity index is 942. The second-order valence-electron chi connectivity index (χ2n) is 5.83. The molecule has 130 valence electrons. The highest BCUT2D eigenvalue weighted by atomic mass is 16.5. The number of allylic oxidation sites excluding steroid dienone is 1. The molecule has 0 bridgehead atoms. The lowest BCUT2D eigenvalue weighted by atomic mass is 10.1. The predicted molar refractivity (Wildman–Crippen MR) is 103 cm³/mol. The first-order chi connectivity index (χ1) is 12.6. The van der Waals surface area contributed by atoms with Crippen LogP contribution in [0.25, 0.3) is 17.3 Å². The van der Waals surface area contributed by atoms with Crippen LogP contribution in [0.3, 0.4) is 0 Å². The van der Waals surface area contributed by atoms with Gasteiger partial charge in [0.15, 0.2) is 0 Å². The summed E-state index contributed by atoms with van der Waals surface area (Å²) >= 11 is 0. The summed E-state index contributed by atoms with van der Waals surface area (Å²) in [4.78, 5) is 12.5. The van der Waals surface area contributed by atoms with Crippen LogP contribution in [0.5, 0.6) is 0 Å². The minimum Gasteiger partial charge on any atom is -0.360 e. The molecule has 0 fully saturated rings. The van der Waals surface area contributed by atoms with Gasteiger partial charge in [0.25, 0.3) is 5.91 Å². The lowest BCUT2D eigenvalue weighted by Gasteiger charge is -2.01. The van der Waals surface area contributed by atoms with E-state index in [1.165, 1.54) is 0 Å². The smallest absolute Gasteiger partial charge is 0.277 e. The normalized spacial score (nSPS) is 11.7. The zero-order chi connectivity index (χ0) is 18.4. The molecular formula is C21H19N3O2. The van der Waals surface area contributed by atoms with E-state index in [-0.39, 0.29) is 5.91 Å². The van der Waals surface area contributed by atoms with Crippen LogP contribution in [0, 0.1) is 6.92 Å². The summed E-state index contributed by atoms with van der Waals surface area (Å²) in [5.74, 6) is 0.0967. The van der Waals surface area contributed by atoms with E-state index in [9.17, 15) is 4.79 Å². The van der Waals surface area contributed by atoms with Gasteiger partial charge in [-0.05, 0) is 25.0 Å². The molecule has 5 heteroatoms. The van der Waals surface area contributed by atoms with Gasteiger partial charge in [-0.1, -0.05) is 71.9 Å². The van der Waals surface area contributed by atoms with Crippen molar-refractivity contribution >= 4 is 18.2 Å². The summed E-state index contributed by atoms with van der Waals surface area (Å²) < 4.78 is 5.20. The molecule has 5 nitrogen and oxygen atoms in total. The number of hydrogen-bond donors (Lipinski definition) is 1. The molecule has 0 aliphatic carbocycles. The fourth-order valence-corrected chi connectivity index (χ4v) is 2.53. The lowest BCUT2D eigenvalue weighted by Crippen LogP contribution is -2.18. The van der Waals surface area contributed by atoms with E-state index < -0.39 is 0 Å². The number of nitrogens with one attached hydrogen (secondary N) is 1. The molecule has 0 radical (unpaired) electrons. The minimum absolute atomic E-state index is 0.355. The Hall–Kier alpha value is -3.47. The predicted octanol–water partition coefficient (Wildman–Crippen LogP) is 4.47. The molecule has 3 rings (SSSR count). The maximum atomic E-state index is 12.5. The van der Waals surface area contributed by atoms with Gasteiger partial charge >= 0.3 is 0 Å². The van der Waals surface area contributed by atoms with E-state index in [0.717, 1.165) is 16.7 Å². The fourth-order valence-electron chi connectivity index (χ4n) is 2.53. The molecular weight excluding hydrogens is 326 g/mol. The highest BCUT2D eigenvalue weighted by molar-refractivity contribution is 6.01. The first-order valence-electron chi connectivity index (χ1n) is 8.23. The summed E-state index contributed by atoms with van der Waals surface area (Å²) in [6, 6.07) is 19.3. The van der Waals surface area contributed by atoms with Gasteiger partial charge in [0.05, 0.1) is 6.21 Å². The number of carbonyl (C=O) groups is 1. The van der Waals surface area contributed by atoms with E-state index in [1.54, 1.807) is 13.1 Å². The summed E-state index contributed by atoms with van der Waals surface area (Å²) in [5.41, 5.74) is 6.25. The molecule has 1 aromatic heterocycles. The highest BCUT2D eigenvalue weighted by Crippen LogP contribution is 2.24. The quantitative estimate of drug-likeness (QED) is 0.548. The second-order valence-corrected chi connectivity index (χ2v) is 5.83. The van der Waals surface area contributed by atoms with Crippen molar-refractivity contribution < 1.29 is 9.32 Å². The number of aryl methyl sites for hydroxylation is 1. The molecule has 0 atom stereocenters. The molecule has 1 N–H and O–H groups in total. The van der Waals surface area contributed by atoms with Crippen molar-refractivity contribution in [2.45, 2.75) is 13.8 Å². The monoisotopic (exact) mass is 345 g/mol. The first kappa shape index (κ1) is 17.4. The highest BCUT2D eigenvalue weighted by Gasteiger charge is 2.21. The largest absolute Gasteiger partial charge is 0.360 e. The molecule has 3 aromatic rings. The molecule has 0 unspecified atom stereocenters. The SMILES string of the molecule is CC(/C=N\NC(=O)c1c(-c2ccccc2)noc1C)=C\c1ccccc1. The number of benzene rings is 2. The Labute approximate surface area is 152 Å². The van der Waals surface area contributed by atoms with Gasteiger partial charge in [-0.2, -0.15) is 5.10 Å². The van der Waals surface area contributed by atoms with Crippen LogP contribution in [-0.2, 0) is 0 Å². The maximum Gasteiger partial charge on any atom is 0.277 e. The number of hydrogen-bond acceptors (Lipinski definition) is 4. The van der Waals surface area contributed by atoms with E-state index in [0.29, 0.717) is 17.0 Å². The van der Waals surface area contributed by atoms with E-state index in [1.807, 2.05) is 73.7 Å². The molecule has 1 heterocycles. The van der Waals surface area contributed by atoms with Crippen molar-refractivity contribution in [1.82, 2.24) is 10.6 Å². The average Bonchev–Trinajstić information content (AvgIpc) is 3.05. The topological polar surface area (TPSA) is 67.5 Å². The van der Waals surface area contributed by atoms with Crippen molar-refractivity contribution in [2.75, 3.05) is 0 Å². The van der Waals surface area contributed by atoms with Crippen LogP contribution in [0.2, 0.25) is 0 Å². The summed E-state index contributed by atoms with van der Waals surface area (Å²) in [6.07, 6.45) is 3.59. The number of amides is 1.